The minimum atomic E-state index is -4.46. The third kappa shape index (κ3) is 8.52. The number of hydrogen-bond donors (Lipinski definition) is 4. The van der Waals surface area contributed by atoms with Crippen LogP contribution in [0.4, 0.5) is 28.0 Å². The quantitative estimate of drug-likeness (QED) is 0.146. The molecule has 0 radical (unpaired) electrons. The smallest absolute Gasteiger partial charge is 0.405 e. The zero-order valence-electron chi connectivity index (χ0n) is 22.3. The van der Waals surface area contributed by atoms with E-state index in [2.05, 4.69) is 25.6 Å². The molecule has 42 heavy (non-hydrogen) atoms. The summed E-state index contributed by atoms with van der Waals surface area (Å²) < 4.78 is 53.4. The summed E-state index contributed by atoms with van der Waals surface area (Å²) in [6, 6.07) is 1.18. The number of rotatable bonds is 11. The van der Waals surface area contributed by atoms with Crippen LogP contribution in [0.3, 0.4) is 0 Å². The lowest BCUT2D eigenvalue weighted by molar-refractivity contribution is -0.134. The van der Waals surface area contributed by atoms with Gasteiger partial charge in [0.2, 0.25) is 11.8 Å². The van der Waals surface area contributed by atoms with E-state index in [-0.39, 0.29) is 58.7 Å². The van der Waals surface area contributed by atoms with Crippen LogP contribution in [-0.4, -0.2) is 73.7 Å². The molecule has 0 saturated heterocycles. The molecule has 4 N–H and O–H groups in total. The van der Waals surface area contributed by atoms with Crippen molar-refractivity contribution >= 4 is 46.2 Å². The first-order chi connectivity index (χ1) is 19.7. The molecule has 3 rings (SSSR count). The number of anilines is 1. The first kappa shape index (κ1) is 32.0. The highest BCUT2D eigenvalue weighted by Gasteiger charge is 2.28. The number of amides is 3. The van der Waals surface area contributed by atoms with Crippen LogP contribution in [0, 0.1) is 5.82 Å². The normalized spacial score (nSPS) is 12.5. The number of aromatic nitrogens is 4. The number of carboxylic acid groups (broad SMARTS) is 1. The first-order valence-electron chi connectivity index (χ1n) is 12.3. The van der Waals surface area contributed by atoms with Crippen molar-refractivity contribution in [2.75, 3.05) is 19.4 Å². The van der Waals surface area contributed by atoms with Crippen LogP contribution < -0.4 is 16.2 Å². The summed E-state index contributed by atoms with van der Waals surface area (Å²) in [5.74, 6) is -2.07. The Morgan fingerprint density at radius 2 is 1.98 bits per heavy atom. The molecular weight excluding hydrogens is 590 g/mol. The highest BCUT2D eigenvalue weighted by atomic mass is 35.5. The molecule has 0 aliphatic heterocycles. The van der Waals surface area contributed by atoms with E-state index < -0.39 is 48.4 Å². The molecule has 0 aromatic carbocycles. The second kappa shape index (κ2) is 13.5. The van der Waals surface area contributed by atoms with Crippen LogP contribution in [0.1, 0.15) is 30.8 Å². The van der Waals surface area contributed by atoms with Crippen LogP contribution in [-0.2, 0) is 22.6 Å². The van der Waals surface area contributed by atoms with Crippen molar-refractivity contribution in [1.29, 1.82) is 0 Å². The number of nitrogens with zero attached hydrogens (tertiary/aromatic N) is 4. The minimum Gasteiger partial charge on any atom is -0.465 e. The summed E-state index contributed by atoms with van der Waals surface area (Å²) in [5, 5.41) is 13.4. The maximum Gasteiger partial charge on any atom is 0.405 e. The fourth-order valence-electron chi connectivity index (χ4n) is 3.77. The molecule has 3 amide bonds. The van der Waals surface area contributed by atoms with Crippen LogP contribution >= 0.6 is 11.6 Å². The maximum atomic E-state index is 14.3. The Balaban J connectivity index is 1.82. The lowest BCUT2D eigenvalue weighted by Gasteiger charge is -2.17. The lowest BCUT2D eigenvalue weighted by atomic mass is 10.1. The van der Waals surface area contributed by atoms with E-state index in [1.807, 2.05) is 0 Å². The number of likely N-dealkylation sites (N-methyl/N-ethyl adjacent to an activating group) is 1. The molecule has 0 bridgehead atoms. The molecule has 1 atom stereocenters. The number of H-pyrrole nitrogens is 1. The van der Waals surface area contributed by atoms with Gasteiger partial charge in [-0.1, -0.05) is 17.7 Å². The summed E-state index contributed by atoms with van der Waals surface area (Å²) in [6.07, 6.45) is -4.05. The second-order valence-electron chi connectivity index (χ2n) is 9.24. The van der Waals surface area contributed by atoms with Gasteiger partial charge in [-0.2, -0.15) is 13.2 Å². The number of nitrogens with one attached hydrogen (secondary N) is 3. The van der Waals surface area contributed by atoms with E-state index in [0.29, 0.717) is 0 Å². The number of aryl methyl sites for hydroxylation is 1. The van der Waals surface area contributed by atoms with Gasteiger partial charge in [-0.05, 0) is 31.1 Å². The Bertz CT molecular complexity index is 1570. The molecule has 0 fully saturated rings. The Morgan fingerprint density at radius 3 is 2.62 bits per heavy atom. The van der Waals surface area contributed by atoms with Gasteiger partial charge in [0.05, 0.1) is 24.0 Å². The van der Waals surface area contributed by atoms with Gasteiger partial charge in [-0.3, -0.25) is 23.9 Å². The van der Waals surface area contributed by atoms with Gasteiger partial charge in [0, 0.05) is 26.9 Å². The summed E-state index contributed by atoms with van der Waals surface area (Å²) in [4.78, 5) is 60.7. The van der Waals surface area contributed by atoms with Crippen molar-refractivity contribution in [2.24, 2.45) is 0 Å². The SMILES string of the molecule is CN(C)C(=O)C=CCCC(NC(=O)O)C(=O)Nc1ccc(Cl)n(Cc2nc3c(F)cnc(CCC(F)(F)F)c3[nH]2)c1=O. The van der Waals surface area contributed by atoms with Gasteiger partial charge < -0.3 is 25.6 Å². The summed E-state index contributed by atoms with van der Waals surface area (Å²) in [6.45, 7) is -0.379. The van der Waals surface area contributed by atoms with Gasteiger partial charge in [-0.15, -0.1) is 0 Å². The molecule has 0 aliphatic rings. The fourth-order valence-corrected chi connectivity index (χ4v) is 3.97. The number of halogens is 5. The number of allylic oxidation sites excluding steroid dienone is 1. The van der Waals surface area contributed by atoms with Crippen molar-refractivity contribution in [3.63, 3.8) is 0 Å². The number of aromatic amines is 1. The lowest BCUT2D eigenvalue weighted by Crippen LogP contribution is -2.44. The van der Waals surface area contributed by atoms with E-state index in [4.69, 9.17) is 16.7 Å². The predicted molar refractivity (Wildman–Crippen MR) is 144 cm³/mol. The molecule has 1 unspecified atom stereocenters. The monoisotopic (exact) mass is 615 g/mol. The third-order valence-corrected chi connectivity index (χ3v) is 6.20. The minimum absolute atomic E-state index is 0.0258. The number of alkyl halides is 3. The van der Waals surface area contributed by atoms with Gasteiger partial charge in [0.25, 0.3) is 5.56 Å². The molecule has 3 heterocycles. The van der Waals surface area contributed by atoms with E-state index in [1.165, 1.54) is 29.2 Å². The number of hydrogen-bond acceptors (Lipinski definition) is 6. The molecule has 3 aromatic rings. The van der Waals surface area contributed by atoms with E-state index >= 15 is 0 Å². The van der Waals surface area contributed by atoms with E-state index in [1.54, 1.807) is 14.1 Å². The second-order valence-corrected chi connectivity index (χ2v) is 9.63. The summed E-state index contributed by atoms with van der Waals surface area (Å²) in [7, 11) is 3.10. The number of imidazole rings is 1. The average Bonchev–Trinajstić information content (AvgIpc) is 3.33. The maximum absolute atomic E-state index is 14.3. The van der Waals surface area contributed by atoms with Crippen LogP contribution in [0.25, 0.3) is 11.0 Å². The largest absolute Gasteiger partial charge is 0.465 e. The van der Waals surface area contributed by atoms with Gasteiger partial charge in [0.1, 0.15) is 28.2 Å². The van der Waals surface area contributed by atoms with E-state index in [9.17, 15) is 36.7 Å². The molecule has 226 valence electrons. The molecule has 3 aromatic heterocycles. The Hall–Kier alpha value is -4.47. The Morgan fingerprint density at radius 1 is 1.26 bits per heavy atom. The van der Waals surface area contributed by atoms with Crippen LogP contribution in [0.5, 0.6) is 0 Å². The molecule has 17 heteroatoms. The van der Waals surface area contributed by atoms with Crippen molar-refractivity contribution in [3.05, 3.63) is 63.3 Å². The van der Waals surface area contributed by atoms with Crippen molar-refractivity contribution in [2.45, 2.75) is 44.4 Å². The topological polar surface area (TPSA) is 162 Å². The van der Waals surface area contributed by atoms with Gasteiger partial charge in [0.15, 0.2) is 5.82 Å². The number of carbonyl (C=O) groups excluding carboxylic acids is 2. The standard InChI is InChI=1S/C25H26ClF4N7O5/c1-36(2)19(38)6-4-3-5-15(33-24(41)42)22(39)32-16-7-8-17(26)37(23(16)40)12-18-34-20-13(27)11-31-14(21(20)35-18)9-10-25(28,29)30/h4,6-8,11,15,33H,3,5,9-10,12H2,1-2H3,(H,32,39)(H,34,35)(H,41,42). The van der Waals surface area contributed by atoms with Gasteiger partial charge >= 0.3 is 12.3 Å². The molecule has 0 aliphatic carbocycles. The average molecular weight is 616 g/mol. The fraction of sp³-hybridized carbons (Fsp3) is 0.360. The molecule has 12 nitrogen and oxygen atoms in total. The number of pyridine rings is 2. The van der Waals surface area contributed by atoms with Crippen LogP contribution in [0.2, 0.25) is 5.15 Å². The number of carbonyl (C=O) groups is 3. The zero-order valence-corrected chi connectivity index (χ0v) is 23.0. The van der Waals surface area contributed by atoms with Gasteiger partial charge in [-0.25, -0.2) is 14.2 Å². The molecular formula is C25H26ClF4N7O5. The predicted octanol–water partition coefficient (Wildman–Crippen LogP) is 3.45. The number of fused-ring (bicyclic) bond motifs is 1. The first-order valence-corrected chi connectivity index (χ1v) is 12.7. The highest BCUT2D eigenvalue weighted by Crippen LogP contribution is 2.25. The van der Waals surface area contributed by atoms with Crippen molar-refractivity contribution in [3.8, 4) is 0 Å². The van der Waals surface area contributed by atoms with Crippen LogP contribution in [0.15, 0.2) is 35.3 Å². The third-order valence-electron chi connectivity index (χ3n) is 5.87. The van der Waals surface area contributed by atoms with E-state index in [0.717, 1.165) is 10.8 Å². The Kier molecular flexibility index (Phi) is 10.3. The zero-order chi connectivity index (χ0) is 31.2. The Labute approximate surface area is 240 Å². The molecule has 0 spiro atoms. The highest BCUT2D eigenvalue weighted by molar-refractivity contribution is 6.29. The summed E-state index contributed by atoms with van der Waals surface area (Å²) in [5.41, 5.74) is -1.49. The molecule has 0 saturated carbocycles. The summed E-state index contributed by atoms with van der Waals surface area (Å²) >= 11 is 6.18. The van der Waals surface area contributed by atoms with Crippen molar-refractivity contribution < 1.29 is 37.1 Å². The van der Waals surface area contributed by atoms with Crippen molar-refractivity contribution in [1.82, 2.24) is 29.7 Å².